The van der Waals surface area contributed by atoms with Gasteiger partial charge >= 0.3 is 0 Å². The predicted molar refractivity (Wildman–Crippen MR) is 72.4 cm³/mol. The van der Waals surface area contributed by atoms with Gasteiger partial charge in [0.25, 0.3) is 11.2 Å². The molecule has 1 aliphatic rings. The number of aromatic amines is 1. The maximum Gasteiger partial charge on any atom is 0.269 e. The summed E-state index contributed by atoms with van der Waals surface area (Å²) in [7, 11) is 0. The topological polar surface area (TPSA) is 101 Å². The molecule has 0 saturated heterocycles. The van der Waals surface area contributed by atoms with Crippen molar-refractivity contribution < 1.29 is 4.92 Å². The van der Waals surface area contributed by atoms with E-state index in [-0.39, 0.29) is 11.2 Å². The van der Waals surface area contributed by atoms with E-state index >= 15 is 0 Å². The van der Waals surface area contributed by atoms with E-state index < -0.39 is 4.92 Å². The number of nitro benzene ring substituents is 1. The minimum absolute atomic E-state index is 0.0123. The fourth-order valence-electron chi connectivity index (χ4n) is 2.23. The first-order valence-electron chi connectivity index (χ1n) is 6.23. The van der Waals surface area contributed by atoms with Gasteiger partial charge in [0.1, 0.15) is 5.82 Å². The van der Waals surface area contributed by atoms with Crippen LogP contribution in [-0.4, -0.2) is 21.4 Å². The van der Waals surface area contributed by atoms with E-state index in [1.807, 2.05) is 0 Å². The van der Waals surface area contributed by atoms with E-state index in [2.05, 4.69) is 15.3 Å². The van der Waals surface area contributed by atoms with E-state index in [1.165, 1.54) is 12.1 Å². The van der Waals surface area contributed by atoms with Crippen LogP contribution in [0.3, 0.4) is 0 Å². The SMILES string of the molecule is O=c1[nH]c(-c2ccc([N+](=O)[O-])cc2)nc2c1CNCC2. The molecule has 0 spiro atoms. The Morgan fingerprint density at radius 1 is 1.25 bits per heavy atom. The van der Waals surface area contributed by atoms with Crippen LogP contribution >= 0.6 is 0 Å². The summed E-state index contributed by atoms with van der Waals surface area (Å²) in [6.07, 6.45) is 0.708. The summed E-state index contributed by atoms with van der Waals surface area (Å²) in [6.45, 7) is 1.32. The van der Waals surface area contributed by atoms with Crippen LogP contribution in [0.5, 0.6) is 0 Å². The van der Waals surface area contributed by atoms with Gasteiger partial charge in [0.15, 0.2) is 0 Å². The zero-order chi connectivity index (χ0) is 14.1. The van der Waals surface area contributed by atoms with Gasteiger partial charge in [0.2, 0.25) is 0 Å². The zero-order valence-corrected chi connectivity index (χ0v) is 10.5. The van der Waals surface area contributed by atoms with Crippen molar-refractivity contribution >= 4 is 5.69 Å². The van der Waals surface area contributed by atoms with Crippen LogP contribution in [0.1, 0.15) is 11.3 Å². The van der Waals surface area contributed by atoms with E-state index in [0.29, 0.717) is 29.9 Å². The van der Waals surface area contributed by atoms with Crippen molar-refractivity contribution in [2.45, 2.75) is 13.0 Å². The molecule has 2 aromatic rings. The third kappa shape index (κ3) is 2.19. The van der Waals surface area contributed by atoms with Gasteiger partial charge in [-0.05, 0) is 12.1 Å². The minimum atomic E-state index is -0.460. The van der Waals surface area contributed by atoms with Gasteiger partial charge in [-0.1, -0.05) is 0 Å². The van der Waals surface area contributed by atoms with E-state index in [4.69, 9.17) is 0 Å². The Morgan fingerprint density at radius 2 is 2.00 bits per heavy atom. The first-order valence-corrected chi connectivity index (χ1v) is 6.23. The Kier molecular flexibility index (Phi) is 3.03. The van der Waals surface area contributed by atoms with Crippen molar-refractivity contribution in [1.29, 1.82) is 0 Å². The number of aromatic nitrogens is 2. The van der Waals surface area contributed by atoms with Crippen LogP contribution in [0, 0.1) is 10.1 Å². The first kappa shape index (κ1) is 12.5. The summed E-state index contributed by atoms with van der Waals surface area (Å²) in [5.41, 5.74) is 1.98. The normalized spacial score (nSPS) is 13.8. The average Bonchev–Trinajstić information content (AvgIpc) is 2.47. The summed E-state index contributed by atoms with van der Waals surface area (Å²) in [6, 6.07) is 5.97. The largest absolute Gasteiger partial charge is 0.312 e. The quantitative estimate of drug-likeness (QED) is 0.627. The number of benzene rings is 1. The Bertz CT molecular complexity index is 721. The molecule has 1 aromatic heterocycles. The van der Waals surface area contributed by atoms with Gasteiger partial charge in [-0.15, -0.1) is 0 Å². The molecule has 0 radical (unpaired) electrons. The summed E-state index contributed by atoms with van der Waals surface area (Å²) in [4.78, 5) is 29.3. The number of rotatable bonds is 2. The molecule has 0 amide bonds. The fraction of sp³-hybridized carbons (Fsp3) is 0.231. The number of non-ortho nitro benzene ring substituents is 1. The highest BCUT2D eigenvalue weighted by atomic mass is 16.6. The summed E-state index contributed by atoms with van der Waals surface area (Å²) in [5, 5.41) is 13.7. The van der Waals surface area contributed by atoms with Crippen LogP contribution in [0.15, 0.2) is 29.1 Å². The van der Waals surface area contributed by atoms with E-state index in [1.54, 1.807) is 12.1 Å². The molecule has 0 saturated carbocycles. The Hall–Kier alpha value is -2.54. The maximum atomic E-state index is 12.0. The molecule has 20 heavy (non-hydrogen) atoms. The van der Waals surface area contributed by atoms with Gasteiger partial charge in [0, 0.05) is 37.2 Å². The molecule has 1 aliphatic heterocycles. The molecule has 2 heterocycles. The summed E-state index contributed by atoms with van der Waals surface area (Å²) >= 11 is 0. The number of nitrogens with one attached hydrogen (secondary N) is 2. The smallest absolute Gasteiger partial charge is 0.269 e. The lowest BCUT2D eigenvalue weighted by atomic mass is 10.1. The second-order valence-corrected chi connectivity index (χ2v) is 4.57. The Labute approximate surface area is 113 Å². The number of fused-ring (bicyclic) bond motifs is 1. The summed E-state index contributed by atoms with van der Waals surface area (Å²) < 4.78 is 0. The van der Waals surface area contributed by atoms with Crippen molar-refractivity contribution in [3.63, 3.8) is 0 Å². The van der Waals surface area contributed by atoms with Gasteiger partial charge in [-0.2, -0.15) is 0 Å². The average molecular weight is 272 g/mol. The highest BCUT2D eigenvalue weighted by Gasteiger charge is 2.16. The highest BCUT2D eigenvalue weighted by molar-refractivity contribution is 5.57. The zero-order valence-electron chi connectivity index (χ0n) is 10.5. The molecule has 0 fully saturated rings. The second-order valence-electron chi connectivity index (χ2n) is 4.57. The molecule has 7 nitrogen and oxygen atoms in total. The van der Waals surface area contributed by atoms with Crippen molar-refractivity contribution in [3.8, 4) is 11.4 Å². The van der Waals surface area contributed by atoms with E-state index in [9.17, 15) is 14.9 Å². The third-order valence-electron chi connectivity index (χ3n) is 3.29. The van der Waals surface area contributed by atoms with Crippen molar-refractivity contribution in [3.05, 3.63) is 56.0 Å². The lowest BCUT2D eigenvalue weighted by Crippen LogP contribution is -2.31. The second kappa shape index (κ2) is 4.86. The summed E-state index contributed by atoms with van der Waals surface area (Å²) in [5.74, 6) is 0.450. The predicted octanol–water partition coefficient (Wildman–Crippen LogP) is 0.991. The van der Waals surface area contributed by atoms with Crippen LogP contribution in [-0.2, 0) is 13.0 Å². The molecule has 0 bridgehead atoms. The molecule has 0 atom stereocenters. The lowest BCUT2D eigenvalue weighted by Gasteiger charge is -2.15. The number of nitrogens with zero attached hydrogens (tertiary/aromatic N) is 2. The standard InChI is InChI=1S/C13H12N4O3/c18-13-10-7-14-6-5-11(10)15-12(16-13)8-1-3-9(4-2-8)17(19)20/h1-4,14H,5-7H2,(H,15,16,18). The van der Waals surface area contributed by atoms with Crippen LogP contribution in [0.25, 0.3) is 11.4 Å². The number of hydrogen-bond donors (Lipinski definition) is 2. The molecule has 2 N–H and O–H groups in total. The molecule has 102 valence electrons. The molecule has 0 unspecified atom stereocenters. The fourth-order valence-corrected chi connectivity index (χ4v) is 2.23. The molecule has 0 aliphatic carbocycles. The molecule has 7 heteroatoms. The lowest BCUT2D eigenvalue weighted by molar-refractivity contribution is -0.384. The molecule has 1 aromatic carbocycles. The van der Waals surface area contributed by atoms with Gasteiger partial charge < -0.3 is 10.3 Å². The third-order valence-corrected chi connectivity index (χ3v) is 3.29. The molecule has 3 rings (SSSR count). The number of H-pyrrole nitrogens is 1. The van der Waals surface area contributed by atoms with Gasteiger partial charge in [-0.25, -0.2) is 4.98 Å². The minimum Gasteiger partial charge on any atom is -0.312 e. The molecular weight excluding hydrogens is 260 g/mol. The van der Waals surface area contributed by atoms with Gasteiger partial charge in [0.05, 0.1) is 16.2 Å². The number of hydrogen-bond acceptors (Lipinski definition) is 5. The van der Waals surface area contributed by atoms with Crippen molar-refractivity contribution in [2.75, 3.05) is 6.54 Å². The van der Waals surface area contributed by atoms with Crippen molar-refractivity contribution in [2.24, 2.45) is 0 Å². The van der Waals surface area contributed by atoms with Crippen LogP contribution in [0.4, 0.5) is 5.69 Å². The van der Waals surface area contributed by atoms with Crippen LogP contribution < -0.4 is 10.9 Å². The van der Waals surface area contributed by atoms with Gasteiger partial charge in [-0.3, -0.25) is 14.9 Å². The highest BCUT2D eigenvalue weighted by Crippen LogP contribution is 2.19. The van der Waals surface area contributed by atoms with Crippen LogP contribution in [0.2, 0.25) is 0 Å². The maximum absolute atomic E-state index is 12.0. The Morgan fingerprint density at radius 3 is 2.70 bits per heavy atom. The van der Waals surface area contributed by atoms with Crippen molar-refractivity contribution in [1.82, 2.24) is 15.3 Å². The van der Waals surface area contributed by atoms with E-state index in [0.717, 1.165) is 12.2 Å². The monoisotopic (exact) mass is 272 g/mol. The Balaban J connectivity index is 2.04. The number of nitro groups is 1. The molecular formula is C13H12N4O3. The first-order chi connectivity index (χ1) is 9.65.